The molecule has 0 aliphatic heterocycles. The predicted octanol–water partition coefficient (Wildman–Crippen LogP) is 4.18. The monoisotopic (exact) mass is 335 g/mol. The molecule has 1 aromatic heterocycles. The van der Waals surface area contributed by atoms with Crippen molar-refractivity contribution >= 4 is 47.1 Å². The summed E-state index contributed by atoms with van der Waals surface area (Å²) < 4.78 is 1.79. The molecule has 0 fully saturated rings. The Labute approximate surface area is 131 Å². The van der Waals surface area contributed by atoms with Crippen molar-refractivity contribution in [2.75, 3.05) is 0 Å². The lowest BCUT2D eigenvalue weighted by Crippen LogP contribution is -2.16. The van der Waals surface area contributed by atoms with Crippen LogP contribution in [0.3, 0.4) is 0 Å². The van der Waals surface area contributed by atoms with Crippen LogP contribution < -0.4 is 5.56 Å². The molecule has 1 aromatic carbocycles. The molecule has 0 bridgehead atoms. The van der Waals surface area contributed by atoms with Gasteiger partial charge >= 0.3 is 0 Å². The second kappa shape index (κ2) is 5.88. The molecule has 2 nitrogen and oxygen atoms in total. The Bertz CT molecular complexity index is 662. The molecule has 1 aliphatic rings. The third-order valence-electron chi connectivity index (χ3n) is 3.20. The molecule has 6 heteroatoms. The minimum Gasteiger partial charge on any atom is -0.268 e. The summed E-state index contributed by atoms with van der Waals surface area (Å²) in [5.74, 6) is 0. The van der Waals surface area contributed by atoms with Gasteiger partial charge in [0.1, 0.15) is 0 Å². The molecule has 0 N–H and O–H groups in total. The van der Waals surface area contributed by atoms with E-state index in [-0.39, 0.29) is 18.0 Å². The van der Waals surface area contributed by atoms with Crippen molar-refractivity contribution in [3.8, 4) is 0 Å². The van der Waals surface area contributed by atoms with Crippen LogP contribution in [-0.2, 0) is 19.4 Å². The van der Waals surface area contributed by atoms with E-state index in [4.69, 9.17) is 23.2 Å². The predicted molar refractivity (Wildman–Crippen MR) is 83.4 cm³/mol. The zero-order valence-corrected chi connectivity index (χ0v) is 13.1. The van der Waals surface area contributed by atoms with Gasteiger partial charge in [0.15, 0.2) is 0 Å². The van der Waals surface area contributed by atoms with E-state index in [0.717, 1.165) is 30.4 Å². The van der Waals surface area contributed by atoms with E-state index in [9.17, 15) is 4.79 Å². The number of hydrogen-bond acceptors (Lipinski definition) is 2. The number of aromatic nitrogens is 1. The lowest BCUT2D eigenvalue weighted by molar-refractivity contribution is 0.822. The van der Waals surface area contributed by atoms with Crippen LogP contribution in [0, 0.1) is 0 Å². The molecular formula is C13H12Cl3NOS. The Morgan fingerprint density at radius 1 is 1.26 bits per heavy atom. The van der Waals surface area contributed by atoms with Crippen LogP contribution in [-0.4, -0.2) is 3.96 Å². The maximum absolute atomic E-state index is 12.1. The Morgan fingerprint density at radius 3 is 2.74 bits per heavy atom. The van der Waals surface area contributed by atoms with Crippen LogP contribution in [0.15, 0.2) is 23.0 Å². The quantitative estimate of drug-likeness (QED) is 0.806. The molecule has 1 heterocycles. The average molecular weight is 337 g/mol. The third-order valence-corrected chi connectivity index (χ3v) is 4.97. The van der Waals surface area contributed by atoms with Crippen LogP contribution in [0.25, 0.3) is 0 Å². The lowest BCUT2D eigenvalue weighted by Gasteiger charge is -2.04. The van der Waals surface area contributed by atoms with Gasteiger partial charge in [-0.2, -0.15) is 0 Å². The smallest absolute Gasteiger partial charge is 0.264 e. The second-order valence-electron chi connectivity index (χ2n) is 4.42. The minimum absolute atomic E-state index is 0. The zero-order valence-electron chi connectivity index (χ0n) is 9.99. The zero-order chi connectivity index (χ0) is 12.7. The summed E-state index contributed by atoms with van der Waals surface area (Å²) in [6.45, 7) is 0.534. The fourth-order valence-corrected chi connectivity index (χ4v) is 3.94. The van der Waals surface area contributed by atoms with Gasteiger partial charge in [-0.05, 0) is 37.0 Å². The largest absolute Gasteiger partial charge is 0.268 e. The van der Waals surface area contributed by atoms with Crippen molar-refractivity contribution in [3.63, 3.8) is 0 Å². The van der Waals surface area contributed by atoms with Gasteiger partial charge in [0.2, 0.25) is 0 Å². The van der Waals surface area contributed by atoms with Gasteiger partial charge in [-0.1, -0.05) is 40.8 Å². The molecule has 0 saturated carbocycles. The number of rotatable bonds is 2. The molecule has 0 saturated heterocycles. The second-order valence-corrected chi connectivity index (χ2v) is 6.38. The molecule has 1 aliphatic carbocycles. The Hall–Kier alpha value is -0.480. The number of halogens is 3. The molecule has 0 unspecified atom stereocenters. The summed E-state index contributed by atoms with van der Waals surface area (Å²) in [5.41, 5.74) is 2.09. The fraction of sp³-hybridized carbons (Fsp3) is 0.308. The number of nitrogens with zero attached hydrogens (tertiary/aromatic N) is 1. The Morgan fingerprint density at radius 2 is 2.05 bits per heavy atom. The number of hydrogen-bond donors (Lipinski definition) is 0. The van der Waals surface area contributed by atoms with Crippen molar-refractivity contribution in [1.82, 2.24) is 3.96 Å². The fourth-order valence-electron chi connectivity index (χ4n) is 2.28. The van der Waals surface area contributed by atoms with E-state index in [1.54, 1.807) is 27.6 Å². The molecular weight excluding hydrogens is 325 g/mol. The van der Waals surface area contributed by atoms with Gasteiger partial charge in [0, 0.05) is 20.5 Å². The maximum atomic E-state index is 12.1. The van der Waals surface area contributed by atoms with E-state index < -0.39 is 0 Å². The normalized spacial score (nSPS) is 13.2. The molecule has 0 atom stereocenters. The molecule has 2 aromatic rings. The highest BCUT2D eigenvalue weighted by Gasteiger charge is 2.20. The first-order valence-electron chi connectivity index (χ1n) is 5.81. The highest BCUT2D eigenvalue weighted by atomic mass is 35.5. The maximum Gasteiger partial charge on any atom is 0.264 e. The van der Waals surface area contributed by atoms with Gasteiger partial charge in [0.25, 0.3) is 5.56 Å². The molecule has 3 rings (SSSR count). The van der Waals surface area contributed by atoms with Crippen molar-refractivity contribution in [2.45, 2.75) is 25.8 Å². The minimum atomic E-state index is 0. The first-order valence-corrected chi connectivity index (χ1v) is 7.34. The van der Waals surface area contributed by atoms with Crippen molar-refractivity contribution in [2.24, 2.45) is 0 Å². The van der Waals surface area contributed by atoms with Crippen LogP contribution >= 0.6 is 47.1 Å². The van der Waals surface area contributed by atoms with Gasteiger partial charge in [-0.15, -0.1) is 12.4 Å². The van der Waals surface area contributed by atoms with Crippen LogP contribution in [0.1, 0.15) is 22.4 Å². The molecule has 0 amide bonds. The summed E-state index contributed by atoms with van der Waals surface area (Å²) in [7, 11) is 0. The van der Waals surface area contributed by atoms with E-state index in [1.165, 1.54) is 4.88 Å². The van der Waals surface area contributed by atoms with E-state index >= 15 is 0 Å². The Kier molecular flexibility index (Phi) is 4.62. The third kappa shape index (κ3) is 2.84. The number of fused-ring (bicyclic) bond motifs is 1. The average Bonchev–Trinajstić information content (AvgIpc) is 2.88. The standard InChI is InChI=1S/C13H11Cl2NOS.ClH/c14-9-5-4-8(11(15)6-9)7-16-13(17)10-2-1-3-12(10)18-16;/h4-6H,1-3,7H2;1H. The SMILES string of the molecule is Cl.O=c1c2c(sn1Cc1ccc(Cl)cc1Cl)CCC2. The van der Waals surface area contributed by atoms with Crippen LogP contribution in [0.4, 0.5) is 0 Å². The van der Waals surface area contributed by atoms with E-state index in [0.29, 0.717) is 16.6 Å². The molecule has 102 valence electrons. The summed E-state index contributed by atoms with van der Waals surface area (Å²) in [4.78, 5) is 13.4. The van der Waals surface area contributed by atoms with Crippen LogP contribution in [0.5, 0.6) is 0 Å². The summed E-state index contributed by atoms with van der Waals surface area (Å²) >= 11 is 13.6. The van der Waals surface area contributed by atoms with Gasteiger partial charge in [0.05, 0.1) is 6.54 Å². The van der Waals surface area contributed by atoms with Gasteiger partial charge in [-0.25, -0.2) is 0 Å². The molecule has 19 heavy (non-hydrogen) atoms. The lowest BCUT2D eigenvalue weighted by atomic mass is 10.2. The topological polar surface area (TPSA) is 22.0 Å². The highest BCUT2D eigenvalue weighted by Crippen LogP contribution is 2.26. The van der Waals surface area contributed by atoms with Gasteiger partial charge in [-0.3, -0.25) is 8.75 Å². The van der Waals surface area contributed by atoms with Gasteiger partial charge < -0.3 is 0 Å². The van der Waals surface area contributed by atoms with Crippen molar-refractivity contribution in [1.29, 1.82) is 0 Å². The Balaban J connectivity index is 0.00000133. The van der Waals surface area contributed by atoms with Crippen molar-refractivity contribution < 1.29 is 0 Å². The number of benzene rings is 1. The molecule has 0 radical (unpaired) electrons. The summed E-state index contributed by atoms with van der Waals surface area (Å²) in [6.07, 6.45) is 3.07. The number of aryl methyl sites for hydroxylation is 1. The molecule has 0 spiro atoms. The highest BCUT2D eigenvalue weighted by molar-refractivity contribution is 7.06. The van der Waals surface area contributed by atoms with E-state index in [1.807, 2.05) is 6.07 Å². The summed E-state index contributed by atoms with van der Waals surface area (Å²) in [6, 6.07) is 5.39. The van der Waals surface area contributed by atoms with Crippen molar-refractivity contribution in [3.05, 3.63) is 54.6 Å². The summed E-state index contributed by atoms with van der Waals surface area (Å²) in [5, 5.41) is 1.23. The van der Waals surface area contributed by atoms with Crippen LogP contribution in [0.2, 0.25) is 10.0 Å². The first kappa shape index (κ1) is 14.9. The van der Waals surface area contributed by atoms with E-state index in [2.05, 4.69) is 0 Å². The first-order chi connectivity index (χ1) is 8.65.